The maximum atomic E-state index is 10.8. The number of rotatable bonds is 4. The lowest BCUT2D eigenvalue weighted by atomic mass is 9.91. The van der Waals surface area contributed by atoms with Gasteiger partial charge in [0, 0.05) is 17.2 Å². The van der Waals surface area contributed by atoms with E-state index in [1.54, 1.807) is 12.3 Å². The topological polar surface area (TPSA) is 50.2 Å². The number of aromatic carboxylic acids is 1. The van der Waals surface area contributed by atoms with Crippen LogP contribution in [0.5, 0.6) is 0 Å². The van der Waals surface area contributed by atoms with Gasteiger partial charge in [0.25, 0.3) is 0 Å². The van der Waals surface area contributed by atoms with Crippen LogP contribution in [0, 0.1) is 5.92 Å². The maximum absolute atomic E-state index is 10.8. The molecule has 2 atom stereocenters. The number of hydrogen-bond acceptors (Lipinski definition) is 3. The third kappa shape index (κ3) is 3.73. The first kappa shape index (κ1) is 13.4. The van der Waals surface area contributed by atoms with Gasteiger partial charge in [-0.25, -0.2) is 9.78 Å². The first-order valence-electron chi connectivity index (χ1n) is 6.45. The standard InChI is InChI=1S/C14H19NO2S/c1-10-3-2-4-12(7-10)18-9-11-5-6-15-13(8-11)14(16)17/h5-6,8,10,12H,2-4,7,9H2,1H3,(H,16,17). The first-order chi connectivity index (χ1) is 8.65. The van der Waals surface area contributed by atoms with E-state index in [0.29, 0.717) is 0 Å². The lowest BCUT2D eigenvalue weighted by molar-refractivity contribution is 0.0690. The number of carboxylic acids is 1. The maximum Gasteiger partial charge on any atom is 0.354 e. The second kappa shape index (κ2) is 6.23. The molecule has 0 spiro atoms. The summed E-state index contributed by atoms with van der Waals surface area (Å²) in [4.78, 5) is 14.7. The summed E-state index contributed by atoms with van der Waals surface area (Å²) in [5.41, 5.74) is 1.20. The van der Waals surface area contributed by atoms with Crippen LogP contribution in [-0.2, 0) is 5.75 Å². The van der Waals surface area contributed by atoms with Crippen LogP contribution < -0.4 is 0 Å². The number of hydrogen-bond donors (Lipinski definition) is 1. The monoisotopic (exact) mass is 265 g/mol. The van der Waals surface area contributed by atoms with E-state index in [4.69, 9.17) is 5.11 Å². The van der Waals surface area contributed by atoms with Gasteiger partial charge in [-0.15, -0.1) is 0 Å². The van der Waals surface area contributed by atoms with E-state index in [9.17, 15) is 4.79 Å². The number of pyridine rings is 1. The minimum atomic E-state index is -0.951. The predicted octanol–water partition coefficient (Wildman–Crippen LogP) is 3.59. The van der Waals surface area contributed by atoms with Crippen molar-refractivity contribution in [2.24, 2.45) is 5.92 Å². The zero-order valence-corrected chi connectivity index (χ0v) is 11.4. The number of carboxylic acid groups (broad SMARTS) is 1. The van der Waals surface area contributed by atoms with Gasteiger partial charge in [-0.05, 0) is 36.5 Å². The zero-order valence-electron chi connectivity index (χ0n) is 10.6. The van der Waals surface area contributed by atoms with Gasteiger partial charge in [-0.2, -0.15) is 11.8 Å². The van der Waals surface area contributed by atoms with E-state index < -0.39 is 5.97 Å². The Kier molecular flexibility index (Phi) is 4.64. The second-order valence-corrected chi connectivity index (χ2v) is 6.35. The molecule has 0 amide bonds. The van der Waals surface area contributed by atoms with Gasteiger partial charge in [0.05, 0.1) is 0 Å². The van der Waals surface area contributed by atoms with Crippen molar-refractivity contribution in [2.45, 2.75) is 43.6 Å². The molecule has 1 N–H and O–H groups in total. The van der Waals surface area contributed by atoms with Gasteiger partial charge in [-0.1, -0.05) is 19.8 Å². The molecule has 1 aromatic rings. The molecular formula is C14H19NO2S. The van der Waals surface area contributed by atoms with Gasteiger partial charge in [0.2, 0.25) is 0 Å². The van der Waals surface area contributed by atoms with Crippen molar-refractivity contribution in [3.05, 3.63) is 29.6 Å². The number of aromatic nitrogens is 1. The molecule has 0 saturated heterocycles. The van der Waals surface area contributed by atoms with Gasteiger partial charge in [-0.3, -0.25) is 0 Å². The minimum Gasteiger partial charge on any atom is -0.477 e. The van der Waals surface area contributed by atoms with Crippen molar-refractivity contribution in [3.8, 4) is 0 Å². The Morgan fingerprint density at radius 3 is 3.11 bits per heavy atom. The normalized spacial score (nSPS) is 23.8. The van der Waals surface area contributed by atoms with Crippen LogP contribution in [0.1, 0.15) is 48.7 Å². The third-order valence-electron chi connectivity index (χ3n) is 3.42. The highest BCUT2D eigenvalue weighted by Gasteiger charge is 2.19. The van der Waals surface area contributed by atoms with E-state index >= 15 is 0 Å². The van der Waals surface area contributed by atoms with Gasteiger partial charge >= 0.3 is 5.97 Å². The molecular weight excluding hydrogens is 246 g/mol. The van der Waals surface area contributed by atoms with Crippen molar-refractivity contribution in [1.29, 1.82) is 0 Å². The molecule has 2 unspecified atom stereocenters. The molecule has 1 aromatic heterocycles. The highest BCUT2D eigenvalue weighted by molar-refractivity contribution is 7.99. The Morgan fingerprint density at radius 2 is 2.39 bits per heavy atom. The van der Waals surface area contributed by atoms with Crippen LogP contribution in [0.4, 0.5) is 0 Å². The molecule has 0 aromatic carbocycles. The van der Waals surface area contributed by atoms with E-state index in [2.05, 4.69) is 11.9 Å². The summed E-state index contributed by atoms with van der Waals surface area (Å²) < 4.78 is 0. The lowest BCUT2D eigenvalue weighted by Crippen LogP contribution is -2.15. The fraction of sp³-hybridized carbons (Fsp3) is 0.571. The van der Waals surface area contributed by atoms with Gasteiger partial charge < -0.3 is 5.11 Å². The van der Waals surface area contributed by atoms with Gasteiger partial charge in [0.1, 0.15) is 5.69 Å². The predicted molar refractivity (Wildman–Crippen MR) is 73.9 cm³/mol. The fourth-order valence-corrected chi connectivity index (χ4v) is 3.83. The average molecular weight is 265 g/mol. The summed E-state index contributed by atoms with van der Waals surface area (Å²) in [6, 6.07) is 3.59. The van der Waals surface area contributed by atoms with E-state index in [-0.39, 0.29) is 5.69 Å². The number of carbonyl (C=O) groups is 1. The Bertz CT molecular complexity index is 422. The highest BCUT2D eigenvalue weighted by Crippen LogP contribution is 2.33. The first-order valence-corrected chi connectivity index (χ1v) is 7.50. The molecule has 0 bridgehead atoms. The third-order valence-corrected chi connectivity index (χ3v) is 4.82. The number of thioether (sulfide) groups is 1. The van der Waals surface area contributed by atoms with Crippen molar-refractivity contribution >= 4 is 17.7 Å². The van der Waals surface area contributed by atoms with Crippen molar-refractivity contribution in [3.63, 3.8) is 0 Å². The number of nitrogens with zero attached hydrogens (tertiary/aromatic N) is 1. The molecule has 98 valence electrons. The summed E-state index contributed by atoms with van der Waals surface area (Å²) in [5.74, 6) is 0.775. The van der Waals surface area contributed by atoms with Gasteiger partial charge in [0.15, 0.2) is 0 Å². The quantitative estimate of drug-likeness (QED) is 0.903. The fourth-order valence-electron chi connectivity index (χ4n) is 2.42. The molecule has 0 radical (unpaired) electrons. The zero-order chi connectivity index (χ0) is 13.0. The Morgan fingerprint density at radius 1 is 1.56 bits per heavy atom. The molecule has 1 fully saturated rings. The summed E-state index contributed by atoms with van der Waals surface area (Å²) in [6.07, 6.45) is 6.86. The molecule has 1 saturated carbocycles. The second-order valence-electron chi connectivity index (χ2n) is 5.06. The van der Waals surface area contributed by atoms with E-state index in [0.717, 1.165) is 22.5 Å². The van der Waals surface area contributed by atoms with Crippen molar-refractivity contribution in [2.75, 3.05) is 0 Å². The van der Waals surface area contributed by atoms with Crippen LogP contribution in [-0.4, -0.2) is 21.3 Å². The molecule has 18 heavy (non-hydrogen) atoms. The van der Waals surface area contributed by atoms with Crippen LogP contribution in [0.2, 0.25) is 0 Å². The van der Waals surface area contributed by atoms with Crippen LogP contribution >= 0.6 is 11.8 Å². The smallest absolute Gasteiger partial charge is 0.354 e. The average Bonchev–Trinajstić information content (AvgIpc) is 2.37. The molecule has 2 rings (SSSR count). The van der Waals surface area contributed by atoms with Crippen LogP contribution in [0.15, 0.2) is 18.3 Å². The van der Waals surface area contributed by atoms with Crippen LogP contribution in [0.25, 0.3) is 0 Å². The molecule has 1 heterocycles. The lowest BCUT2D eigenvalue weighted by Gasteiger charge is -2.26. The minimum absolute atomic E-state index is 0.144. The summed E-state index contributed by atoms with van der Waals surface area (Å²) >= 11 is 1.95. The molecule has 3 nitrogen and oxygen atoms in total. The largest absolute Gasteiger partial charge is 0.477 e. The molecule has 1 aliphatic carbocycles. The SMILES string of the molecule is CC1CCCC(SCc2ccnc(C(=O)O)c2)C1. The molecule has 4 heteroatoms. The van der Waals surface area contributed by atoms with E-state index in [1.807, 2.05) is 17.8 Å². The van der Waals surface area contributed by atoms with Crippen LogP contribution in [0.3, 0.4) is 0 Å². The van der Waals surface area contributed by atoms with Crippen molar-refractivity contribution in [1.82, 2.24) is 4.98 Å². The Hall–Kier alpha value is -1.03. The summed E-state index contributed by atoms with van der Waals surface area (Å²) in [7, 11) is 0. The Balaban J connectivity index is 1.89. The van der Waals surface area contributed by atoms with E-state index in [1.165, 1.54) is 25.7 Å². The summed E-state index contributed by atoms with van der Waals surface area (Å²) in [6.45, 7) is 2.32. The van der Waals surface area contributed by atoms with Crippen molar-refractivity contribution < 1.29 is 9.90 Å². The summed E-state index contributed by atoms with van der Waals surface area (Å²) in [5, 5.41) is 9.62. The Labute approximate surface area is 112 Å². The highest BCUT2D eigenvalue weighted by atomic mass is 32.2. The molecule has 1 aliphatic rings. The molecule has 0 aliphatic heterocycles.